The lowest BCUT2D eigenvalue weighted by atomic mass is 10.2. The molecule has 0 aromatic heterocycles. The topological polar surface area (TPSA) is 29.1 Å². The average molecular weight is 262 g/mol. The second-order valence-electron chi connectivity index (χ2n) is 3.99. The molecule has 0 spiro atoms. The Morgan fingerprint density at radius 1 is 1.56 bits per heavy atom. The molecule has 1 unspecified atom stereocenters. The number of rotatable bonds is 2. The molecule has 1 amide bonds. The zero-order chi connectivity index (χ0) is 11.9. The number of aryl methyl sites for hydroxylation is 1. The van der Waals surface area contributed by atoms with E-state index in [9.17, 15) is 9.18 Å². The lowest BCUT2D eigenvalue weighted by Crippen LogP contribution is -2.17. The highest BCUT2D eigenvalue weighted by Gasteiger charge is 2.56. The lowest BCUT2D eigenvalue weighted by molar-refractivity contribution is -0.117. The third kappa shape index (κ3) is 2.30. The van der Waals surface area contributed by atoms with E-state index in [2.05, 4.69) is 5.32 Å². The molecule has 0 radical (unpaired) electrons. The summed E-state index contributed by atoms with van der Waals surface area (Å²) in [6.45, 7) is 1.78. The molecule has 86 valence electrons. The molecule has 1 aromatic carbocycles. The molecule has 0 saturated heterocycles. The van der Waals surface area contributed by atoms with Gasteiger partial charge in [-0.25, -0.2) is 4.39 Å². The quantitative estimate of drug-likeness (QED) is 0.814. The van der Waals surface area contributed by atoms with Gasteiger partial charge in [-0.3, -0.25) is 4.79 Å². The summed E-state index contributed by atoms with van der Waals surface area (Å²) < 4.78 is 12.4. The molecular weight excluding hydrogens is 252 g/mol. The zero-order valence-electron chi connectivity index (χ0n) is 8.56. The van der Waals surface area contributed by atoms with Crippen LogP contribution in [0.4, 0.5) is 10.1 Å². The number of anilines is 1. The van der Waals surface area contributed by atoms with Gasteiger partial charge in [-0.15, -0.1) is 23.2 Å². The van der Waals surface area contributed by atoms with Gasteiger partial charge < -0.3 is 5.32 Å². The summed E-state index contributed by atoms with van der Waals surface area (Å²) in [5, 5.41) is 2.47. The SMILES string of the molecule is Cc1ccc(NC(=O)C2CC2(Cl)Cl)c(F)c1. The molecule has 5 heteroatoms. The number of alkyl halides is 2. The maximum Gasteiger partial charge on any atom is 0.230 e. The number of carbonyl (C=O) groups is 1. The van der Waals surface area contributed by atoms with E-state index in [1.54, 1.807) is 13.0 Å². The predicted octanol–water partition coefficient (Wildman–Crippen LogP) is 3.27. The van der Waals surface area contributed by atoms with Gasteiger partial charge in [0.1, 0.15) is 10.2 Å². The number of halogens is 3. The number of nitrogens with one attached hydrogen (secondary N) is 1. The molecule has 0 heterocycles. The highest BCUT2D eigenvalue weighted by atomic mass is 35.5. The minimum atomic E-state index is -0.981. The standard InChI is InChI=1S/C11H10Cl2FNO/c1-6-2-3-9(8(14)4-6)15-10(16)7-5-11(7,12)13/h2-4,7H,5H2,1H3,(H,15,16). The first-order valence-corrected chi connectivity index (χ1v) is 5.60. The predicted molar refractivity (Wildman–Crippen MR) is 62.3 cm³/mol. The van der Waals surface area contributed by atoms with E-state index < -0.39 is 16.1 Å². The first-order valence-electron chi connectivity index (χ1n) is 4.85. The average Bonchev–Trinajstić information content (AvgIpc) is 2.80. The summed E-state index contributed by atoms with van der Waals surface area (Å²) >= 11 is 11.5. The molecule has 1 N–H and O–H groups in total. The Morgan fingerprint density at radius 2 is 2.19 bits per heavy atom. The van der Waals surface area contributed by atoms with Crippen molar-refractivity contribution >= 4 is 34.8 Å². The van der Waals surface area contributed by atoms with Crippen molar-refractivity contribution in [1.82, 2.24) is 0 Å². The van der Waals surface area contributed by atoms with Crippen molar-refractivity contribution in [1.29, 1.82) is 0 Å². The van der Waals surface area contributed by atoms with Gasteiger partial charge in [0.15, 0.2) is 0 Å². The van der Waals surface area contributed by atoms with Crippen LogP contribution in [0, 0.1) is 18.7 Å². The van der Waals surface area contributed by atoms with Crippen molar-refractivity contribution in [3.8, 4) is 0 Å². The van der Waals surface area contributed by atoms with Crippen LogP contribution >= 0.6 is 23.2 Å². The maximum atomic E-state index is 13.4. The monoisotopic (exact) mass is 261 g/mol. The van der Waals surface area contributed by atoms with Crippen LogP contribution in [0.2, 0.25) is 0 Å². The lowest BCUT2D eigenvalue weighted by Gasteiger charge is -2.06. The molecule has 0 bridgehead atoms. The van der Waals surface area contributed by atoms with Crippen molar-refractivity contribution in [2.75, 3.05) is 5.32 Å². The molecule has 16 heavy (non-hydrogen) atoms. The number of amides is 1. The summed E-state index contributed by atoms with van der Waals surface area (Å²) in [5.74, 6) is -1.24. The summed E-state index contributed by atoms with van der Waals surface area (Å²) in [6.07, 6.45) is 0.412. The zero-order valence-corrected chi connectivity index (χ0v) is 10.1. The van der Waals surface area contributed by atoms with Gasteiger partial charge in [0, 0.05) is 0 Å². The van der Waals surface area contributed by atoms with E-state index in [1.807, 2.05) is 0 Å². The van der Waals surface area contributed by atoms with Gasteiger partial charge >= 0.3 is 0 Å². The second-order valence-corrected chi connectivity index (χ2v) is 5.53. The van der Waals surface area contributed by atoms with Crippen molar-refractivity contribution < 1.29 is 9.18 Å². The highest BCUT2D eigenvalue weighted by Crippen LogP contribution is 2.53. The number of benzene rings is 1. The number of hydrogen-bond donors (Lipinski definition) is 1. The molecule has 1 atom stereocenters. The number of carbonyl (C=O) groups excluding carboxylic acids is 1. The fourth-order valence-corrected chi connectivity index (χ4v) is 1.95. The van der Waals surface area contributed by atoms with E-state index in [1.165, 1.54) is 12.1 Å². The molecule has 1 saturated carbocycles. The first-order chi connectivity index (χ1) is 7.40. The van der Waals surface area contributed by atoms with Gasteiger partial charge in [-0.05, 0) is 31.0 Å². The smallest absolute Gasteiger partial charge is 0.230 e. The molecular formula is C11H10Cl2FNO. The van der Waals surface area contributed by atoms with Gasteiger partial charge in [-0.2, -0.15) is 0 Å². The van der Waals surface area contributed by atoms with Crippen LogP contribution in [-0.4, -0.2) is 10.2 Å². The van der Waals surface area contributed by atoms with Crippen LogP contribution in [0.3, 0.4) is 0 Å². The molecule has 1 fully saturated rings. The molecule has 1 aliphatic rings. The van der Waals surface area contributed by atoms with Crippen LogP contribution in [0.5, 0.6) is 0 Å². The largest absolute Gasteiger partial charge is 0.323 e. The summed E-state index contributed by atoms with van der Waals surface area (Å²) in [4.78, 5) is 11.6. The van der Waals surface area contributed by atoms with Crippen LogP contribution in [0.15, 0.2) is 18.2 Å². The fraction of sp³-hybridized carbons (Fsp3) is 0.364. The Morgan fingerprint density at radius 3 is 2.69 bits per heavy atom. The van der Waals surface area contributed by atoms with E-state index in [0.717, 1.165) is 5.56 Å². The van der Waals surface area contributed by atoms with Gasteiger partial charge in [-0.1, -0.05) is 6.07 Å². The first kappa shape index (κ1) is 11.7. The van der Waals surface area contributed by atoms with E-state index in [4.69, 9.17) is 23.2 Å². The molecule has 2 rings (SSSR count). The Hall–Kier alpha value is -0.800. The van der Waals surface area contributed by atoms with Crippen LogP contribution in [0.25, 0.3) is 0 Å². The van der Waals surface area contributed by atoms with Crippen molar-refractivity contribution in [2.45, 2.75) is 17.7 Å². The maximum absolute atomic E-state index is 13.4. The Labute approximate surface area is 103 Å². The Balaban J connectivity index is 2.07. The second kappa shape index (κ2) is 3.90. The van der Waals surface area contributed by atoms with Gasteiger partial charge in [0.25, 0.3) is 0 Å². The molecule has 1 aliphatic carbocycles. The van der Waals surface area contributed by atoms with Crippen LogP contribution in [0.1, 0.15) is 12.0 Å². The summed E-state index contributed by atoms with van der Waals surface area (Å²) in [5.41, 5.74) is 0.956. The van der Waals surface area contributed by atoms with E-state index in [0.29, 0.717) is 6.42 Å². The van der Waals surface area contributed by atoms with Crippen molar-refractivity contribution in [3.63, 3.8) is 0 Å². The minimum Gasteiger partial charge on any atom is -0.323 e. The third-order valence-electron chi connectivity index (χ3n) is 2.52. The van der Waals surface area contributed by atoms with E-state index >= 15 is 0 Å². The fourth-order valence-electron chi connectivity index (χ4n) is 1.44. The Bertz CT molecular complexity index is 448. The number of hydrogen-bond acceptors (Lipinski definition) is 1. The van der Waals surface area contributed by atoms with Crippen molar-refractivity contribution in [3.05, 3.63) is 29.6 Å². The molecule has 2 nitrogen and oxygen atoms in total. The third-order valence-corrected chi connectivity index (χ3v) is 3.36. The molecule has 1 aromatic rings. The highest BCUT2D eigenvalue weighted by molar-refractivity contribution is 6.52. The van der Waals surface area contributed by atoms with E-state index in [-0.39, 0.29) is 11.6 Å². The van der Waals surface area contributed by atoms with Crippen molar-refractivity contribution in [2.24, 2.45) is 5.92 Å². The summed E-state index contributed by atoms with van der Waals surface area (Å²) in [7, 11) is 0. The molecule has 0 aliphatic heterocycles. The Kier molecular flexibility index (Phi) is 2.84. The summed E-state index contributed by atoms with van der Waals surface area (Å²) in [6, 6.07) is 4.60. The normalized spacial score (nSPS) is 21.6. The van der Waals surface area contributed by atoms with Gasteiger partial charge in [0.2, 0.25) is 5.91 Å². The van der Waals surface area contributed by atoms with Gasteiger partial charge in [0.05, 0.1) is 11.6 Å². The van der Waals surface area contributed by atoms with Crippen LogP contribution < -0.4 is 5.32 Å². The minimum absolute atomic E-state index is 0.159. The van der Waals surface area contributed by atoms with Crippen LogP contribution in [-0.2, 0) is 4.79 Å².